The van der Waals surface area contributed by atoms with Crippen molar-refractivity contribution < 1.29 is 4.74 Å². The van der Waals surface area contributed by atoms with Crippen molar-refractivity contribution in [2.45, 2.75) is 19.4 Å². The summed E-state index contributed by atoms with van der Waals surface area (Å²) in [6.45, 7) is 2.03. The Labute approximate surface area is 93.7 Å². The van der Waals surface area contributed by atoms with Gasteiger partial charge in [-0.25, -0.2) is 0 Å². The van der Waals surface area contributed by atoms with Crippen molar-refractivity contribution in [2.24, 2.45) is 5.73 Å². The van der Waals surface area contributed by atoms with Gasteiger partial charge in [0.05, 0.1) is 7.11 Å². The maximum atomic E-state index is 5.82. The molecule has 0 aliphatic carbocycles. The third kappa shape index (κ3) is 2.13. The molecular weight excluding hydrogens is 206 g/mol. The average molecular weight is 221 g/mol. The van der Waals surface area contributed by atoms with Crippen LogP contribution in [0.5, 0.6) is 5.75 Å². The first kappa shape index (κ1) is 10.5. The average Bonchev–Trinajstić information content (AvgIpc) is 2.60. The fourth-order valence-corrected chi connectivity index (χ4v) is 2.65. The Kier molecular flexibility index (Phi) is 2.93. The van der Waals surface area contributed by atoms with Crippen LogP contribution in [-0.4, -0.2) is 13.2 Å². The first-order chi connectivity index (χ1) is 7.20. The van der Waals surface area contributed by atoms with Crippen LogP contribution in [0.2, 0.25) is 0 Å². The molecule has 2 rings (SSSR count). The van der Waals surface area contributed by atoms with Gasteiger partial charge in [0, 0.05) is 10.7 Å². The molecule has 1 heterocycles. The number of rotatable bonds is 3. The quantitative estimate of drug-likeness (QED) is 0.865. The number of hydrogen-bond acceptors (Lipinski definition) is 3. The Morgan fingerprint density at radius 2 is 2.27 bits per heavy atom. The zero-order valence-corrected chi connectivity index (χ0v) is 9.80. The van der Waals surface area contributed by atoms with Crippen molar-refractivity contribution in [2.75, 3.05) is 7.11 Å². The fourth-order valence-electron chi connectivity index (χ4n) is 1.69. The van der Waals surface area contributed by atoms with E-state index in [0.29, 0.717) is 0 Å². The summed E-state index contributed by atoms with van der Waals surface area (Å²) in [7, 11) is 1.69. The van der Waals surface area contributed by atoms with Gasteiger partial charge in [-0.15, -0.1) is 11.3 Å². The summed E-state index contributed by atoms with van der Waals surface area (Å²) in [6, 6.07) is 6.38. The van der Waals surface area contributed by atoms with Crippen LogP contribution >= 0.6 is 11.3 Å². The van der Waals surface area contributed by atoms with E-state index in [1.165, 1.54) is 15.6 Å². The molecule has 0 bridgehead atoms. The van der Waals surface area contributed by atoms with Crippen LogP contribution in [0.3, 0.4) is 0 Å². The molecule has 0 amide bonds. The number of hydrogen-bond donors (Lipinski definition) is 1. The summed E-state index contributed by atoms with van der Waals surface area (Å²) in [4.78, 5) is 0. The summed E-state index contributed by atoms with van der Waals surface area (Å²) >= 11 is 1.76. The summed E-state index contributed by atoms with van der Waals surface area (Å²) in [5.74, 6) is 0.909. The number of benzene rings is 1. The summed E-state index contributed by atoms with van der Waals surface area (Å²) in [5.41, 5.74) is 7.14. The molecule has 1 atom stereocenters. The Morgan fingerprint density at radius 3 is 2.93 bits per heavy atom. The molecule has 0 aliphatic rings. The van der Waals surface area contributed by atoms with E-state index in [-0.39, 0.29) is 6.04 Å². The smallest absolute Gasteiger partial charge is 0.119 e. The molecule has 0 saturated carbocycles. The first-order valence-corrected chi connectivity index (χ1v) is 5.88. The first-order valence-electron chi connectivity index (χ1n) is 5.00. The maximum Gasteiger partial charge on any atom is 0.119 e. The van der Waals surface area contributed by atoms with Crippen LogP contribution < -0.4 is 10.5 Å². The molecule has 15 heavy (non-hydrogen) atoms. The molecular formula is C12H15NOS. The monoisotopic (exact) mass is 221 g/mol. The normalized spacial score (nSPS) is 13.0. The molecule has 80 valence electrons. The number of fused-ring (bicyclic) bond motifs is 1. The predicted octanol–water partition coefficient (Wildman–Crippen LogP) is 2.80. The second-order valence-electron chi connectivity index (χ2n) is 3.80. The van der Waals surface area contributed by atoms with Gasteiger partial charge in [0.25, 0.3) is 0 Å². The van der Waals surface area contributed by atoms with Gasteiger partial charge in [-0.1, -0.05) is 0 Å². The predicted molar refractivity (Wildman–Crippen MR) is 65.7 cm³/mol. The number of nitrogens with two attached hydrogens (primary N) is 1. The highest BCUT2D eigenvalue weighted by Crippen LogP contribution is 2.30. The number of methoxy groups -OCH3 is 1. The highest BCUT2D eigenvalue weighted by atomic mass is 32.1. The SMILES string of the molecule is COc1ccc2scc(CC(C)N)c2c1. The van der Waals surface area contributed by atoms with Gasteiger partial charge < -0.3 is 10.5 Å². The highest BCUT2D eigenvalue weighted by Gasteiger charge is 2.06. The molecule has 2 N–H and O–H groups in total. The summed E-state index contributed by atoms with van der Waals surface area (Å²) < 4.78 is 6.52. The van der Waals surface area contributed by atoms with Crippen LogP contribution in [0.25, 0.3) is 10.1 Å². The summed E-state index contributed by atoms with van der Waals surface area (Å²) in [6.07, 6.45) is 0.924. The lowest BCUT2D eigenvalue weighted by molar-refractivity contribution is 0.415. The minimum atomic E-state index is 0.203. The van der Waals surface area contributed by atoms with Crippen LogP contribution in [0.4, 0.5) is 0 Å². The number of ether oxygens (including phenoxy) is 1. The van der Waals surface area contributed by atoms with E-state index in [4.69, 9.17) is 10.5 Å². The third-order valence-corrected chi connectivity index (χ3v) is 3.42. The summed E-state index contributed by atoms with van der Waals surface area (Å²) in [5, 5.41) is 3.46. The molecule has 1 aromatic carbocycles. The molecule has 2 nitrogen and oxygen atoms in total. The molecule has 0 saturated heterocycles. The van der Waals surface area contributed by atoms with Gasteiger partial charge in [-0.2, -0.15) is 0 Å². The Morgan fingerprint density at radius 1 is 1.47 bits per heavy atom. The lowest BCUT2D eigenvalue weighted by Gasteiger charge is -2.04. The van der Waals surface area contributed by atoms with Crippen molar-refractivity contribution in [1.29, 1.82) is 0 Å². The van der Waals surface area contributed by atoms with Gasteiger partial charge in [0.1, 0.15) is 5.75 Å². The topological polar surface area (TPSA) is 35.2 Å². The molecule has 0 radical (unpaired) electrons. The molecule has 0 spiro atoms. The van der Waals surface area contributed by atoms with E-state index in [1.54, 1.807) is 18.4 Å². The zero-order chi connectivity index (χ0) is 10.8. The van der Waals surface area contributed by atoms with Crippen molar-refractivity contribution >= 4 is 21.4 Å². The molecule has 3 heteroatoms. The van der Waals surface area contributed by atoms with Crippen molar-refractivity contribution in [3.63, 3.8) is 0 Å². The van der Waals surface area contributed by atoms with E-state index in [1.807, 2.05) is 13.0 Å². The molecule has 0 fully saturated rings. The maximum absolute atomic E-state index is 5.82. The van der Waals surface area contributed by atoms with Crippen molar-refractivity contribution in [1.82, 2.24) is 0 Å². The second-order valence-corrected chi connectivity index (χ2v) is 4.72. The third-order valence-electron chi connectivity index (χ3n) is 2.40. The van der Waals surface area contributed by atoms with Gasteiger partial charge >= 0.3 is 0 Å². The van der Waals surface area contributed by atoms with Crippen molar-refractivity contribution in [3.05, 3.63) is 29.1 Å². The highest BCUT2D eigenvalue weighted by molar-refractivity contribution is 7.17. The van der Waals surface area contributed by atoms with Crippen LogP contribution in [0.15, 0.2) is 23.6 Å². The van der Waals surface area contributed by atoms with E-state index in [2.05, 4.69) is 17.5 Å². The Hall–Kier alpha value is -1.06. The minimum Gasteiger partial charge on any atom is -0.497 e. The Balaban J connectivity index is 2.46. The van der Waals surface area contributed by atoms with Crippen LogP contribution in [0.1, 0.15) is 12.5 Å². The zero-order valence-electron chi connectivity index (χ0n) is 8.99. The largest absolute Gasteiger partial charge is 0.497 e. The van der Waals surface area contributed by atoms with Gasteiger partial charge in [-0.3, -0.25) is 0 Å². The van der Waals surface area contributed by atoms with Gasteiger partial charge in [0.2, 0.25) is 0 Å². The van der Waals surface area contributed by atoms with E-state index < -0.39 is 0 Å². The van der Waals surface area contributed by atoms with E-state index in [9.17, 15) is 0 Å². The fraction of sp³-hybridized carbons (Fsp3) is 0.333. The molecule has 1 aromatic heterocycles. The lowest BCUT2D eigenvalue weighted by Crippen LogP contribution is -2.17. The second kappa shape index (κ2) is 4.21. The molecule has 1 unspecified atom stereocenters. The van der Waals surface area contributed by atoms with Gasteiger partial charge in [-0.05, 0) is 47.9 Å². The van der Waals surface area contributed by atoms with E-state index in [0.717, 1.165) is 12.2 Å². The van der Waals surface area contributed by atoms with Crippen molar-refractivity contribution in [3.8, 4) is 5.75 Å². The number of thiophene rings is 1. The lowest BCUT2D eigenvalue weighted by atomic mass is 10.1. The minimum absolute atomic E-state index is 0.203. The van der Waals surface area contributed by atoms with Gasteiger partial charge in [0.15, 0.2) is 0 Å². The van der Waals surface area contributed by atoms with Crippen LogP contribution in [-0.2, 0) is 6.42 Å². The molecule has 0 aliphatic heterocycles. The standard InChI is InChI=1S/C12H15NOS/c1-8(13)5-9-7-15-12-4-3-10(14-2)6-11(9)12/h3-4,6-8H,5,13H2,1-2H3. The Bertz CT molecular complexity index is 462. The molecule has 2 aromatic rings. The van der Waals surface area contributed by atoms with Crippen LogP contribution in [0, 0.1) is 0 Å². The van der Waals surface area contributed by atoms with E-state index >= 15 is 0 Å².